The minimum Gasteiger partial charge on any atom is -0.388 e. The molecule has 0 aliphatic heterocycles. The van der Waals surface area contributed by atoms with E-state index in [0.29, 0.717) is 12.0 Å². The van der Waals surface area contributed by atoms with E-state index in [4.69, 9.17) is 11.6 Å². The average molecular weight is 233 g/mol. The van der Waals surface area contributed by atoms with Gasteiger partial charge in [-0.05, 0) is 23.5 Å². The Morgan fingerprint density at radius 2 is 2.07 bits per heavy atom. The predicted molar refractivity (Wildman–Crippen MR) is 54.0 cm³/mol. The summed E-state index contributed by atoms with van der Waals surface area (Å²) < 4.78 is 26.6. The van der Waals surface area contributed by atoms with Gasteiger partial charge in [-0.1, -0.05) is 25.4 Å². The van der Waals surface area contributed by atoms with E-state index in [-0.39, 0.29) is 10.6 Å². The highest BCUT2D eigenvalue weighted by atomic mass is 35.5. The summed E-state index contributed by atoms with van der Waals surface area (Å²) >= 11 is 5.88. The van der Waals surface area contributed by atoms with Crippen LogP contribution in [0.3, 0.4) is 0 Å². The van der Waals surface area contributed by atoms with Crippen LogP contribution in [-0.4, -0.2) is 5.11 Å². The quantitative estimate of drug-likeness (QED) is 0.681. The Kier molecular flexibility index (Phi) is 2.28. The molecule has 2 rings (SSSR count). The Morgan fingerprint density at radius 1 is 1.47 bits per heavy atom. The minimum atomic E-state index is -1.00. The van der Waals surface area contributed by atoms with Gasteiger partial charge in [0.15, 0.2) is 11.6 Å². The van der Waals surface area contributed by atoms with Gasteiger partial charge in [0.05, 0.1) is 6.10 Å². The number of aliphatic hydroxyl groups excluding tert-OH is 1. The average Bonchev–Trinajstić information content (AvgIpc) is 2.32. The fraction of sp³-hybridized carbons (Fsp3) is 0.455. The van der Waals surface area contributed by atoms with Gasteiger partial charge < -0.3 is 5.11 Å². The number of benzene rings is 1. The van der Waals surface area contributed by atoms with Crippen molar-refractivity contribution in [1.29, 1.82) is 0 Å². The first-order valence-corrected chi connectivity index (χ1v) is 5.08. The first-order chi connectivity index (χ1) is 6.84. The molecule has 0 spiro atoms. The third kappa shape index (κ3) is 1.45. The largest absolute Gasteiger partial charge is 0.388 e. The van der Waals surface area contributed by atoms with Gasteiger partial charge >= 0.3 is 0 Å². The molecule has 1 aromatic rings. The Bertz CT molecular complexity index is 429. The highest BCUT2D eigenvalue weighted by Crippen LogP contribution is 2.49. The topological polar surface area (TPSA) is 20.2 Å². The third-order valence-electron chi connectivity index (χ3n) is 2.92. The van der Waals surface area contributed by atoms with Crippen molar-refractivity contribution in [3.63, 3.8) is 0 Å². The summed E-state index contributed by atoms with van der Waals surface area (Å²) in [5.74, 6) is -1.98. The van der Waals surface area contributed by atoms with E-state index in [1.165, 1.54) is 0 Å². The third-order valence-corrected chi connectivity index (χ3v) is 3.22. The van der Waals surface area contributed by atoms with Crippen molar-refractivity contribution in [3.8, 4) is 0 Å². The molecule has 1 aromatic carbocycles. The van der Waals surface area contributed by atoms with Crippen molar-refractivity contribution in [2.75, 3.05) is 0 Å². The molecule has 4 heteroatoms. The van der Waals surface area contributed by atoms with Gasteiger partial charge in [-0.15, -0.1) is 0 Å². The maximum Gasteiger partial charge on any atom is 0.165 e. The molecule has 0 saturated heterocycles. The van der Waals surface area contributed by atoms with E-state index in [1.54, 1.807) is 0 Å². The molecule has 1 aliphatic carbocycles. The van der Waals surface area contributed by atoms with Crippen molar-refractivity contribution in [3.05, 3.63) is 33.9 Å². The summed E-state index contributed by atoms with van der Waals surface area (Å²) in [7, 11) is 0. The van der Waals surface area contributed by atoms with E-state index in [0.717, 1.165) is 6.07 Å². The lowest BCUT2D eigenvalue weighted by molar-refractivity contribution is 0.157. The Balaban J connectivity index is 2.78. The van der Waals surface area contributed by atoms with Gasteiger partial charge in [-0.3, -0.25) is 0 Å². The first-order valence-electron chi connectivity index (χ1n) is 4.70. The van der Waals surface area contributed by atoms with Gasteiger partial charge in [0.1, 0.15) is 0 Å². The summed E-state index contributed by atoms with van der Waals surface area (Å²) in [6.45, 7) is 3.70. The highest BCUT2D eigenvalue weighted by Gasteiger charge is 2.40. The molecule has 0 bridgehead atoms. The summed E-state index contributed by atoms with van der Waals surface area (Å²) in [6, 6.07) is 0.968. The molecule has 1 aliphatic rings. The molecule has 0 saturated carbocycles. The smallest absolute Gasteiger partial charge is 0.165 e. The molecule has 0 heterocycles. The van der Waals surface area contributed by atoms with Gasteiger partial charge in [0.25, 0.3) is 0 Å². The van der Waals surface area contributed by atoms with Gasteiger partial charge in [-0.2, -0.15) is 0 Å². The molecule has 0 fully saturated rings. The van der Waals surface area contributed by atoms with Crippen molar-refractivity contribution in [2.45, 2.75) is 31.8 Å². The lowest BCUT2D eigenvalue weighted by Crippen LogP contribution is -2.13. The molecule has 1 atom stereocenters. The SMILES string of the molecule is CC1(C)CC(O)c2c(F)c(F)cc(Cl)c21. The summed E-state index contributed by atoms with van der Waals surface area (Å²) in [5.41, 5.74) is 0.126. The van der Waals surface area contributed by atoms with E-state index < -0.39 is 23.2 Å². The Morgan fingerprint density at radius 3 is 2.67 bits per heavy atom. The van der Waals surface area contributed by atoms with Crippen LogP contribution in [-0.2, 0) is 5.41 Å². The number of rotatable bonds is 0. The van der Waals surface area contributed by atoms with Crippen LogP contribution >= 0.6 is 11.6 Å². The second-order valence-corrected chi connectivity index (χ2v) is 4.95. The molecule has 15 heavy (non-hydrogen) atoms. The van der Waals surface area contributed by atoms with Gasteiger partial charge in [-0.25, -0.2) is 8.78 Å². The van der Waals surface area contributed by atoms with Crippen LogP contribution < -0.4 is 0 Å². The number of hydrogen-bond acceptors (Lipinski definition) is 1. The van der Waals surface area contributed by atoms with Gasteiger partial charge in [0, 0.05) is 10.6 Å². The second-order valence-electron chi connectivity index (χ2n) is 4.55. The normalized spacial score (nSPS) is 22.9. The molecule has 1 N–H and O–H groups in total. The molecular weight excluding hydrogens is 222 g/mol. The summed E-state index contributed by atoms with van der Waals surface area (Å²) in [5, 5.41) is 9.87. The van der Waals surface area contributed by atoms with E-state index >= 15 is 0 Å². The predicted octanol–water partition coefficient (Wildman–Crippen LogP) is 3.33. The fourth-order valence-corrected chi connectivity index (χ4v) is 2.76. The molecule has 0 amide bonds. The highest BCUT2D eigenvalue weighted by molar-refractivity contribution is 6.31. The zero-order valence-corrected chi connectivity index (χ0v) is 9.20. The van der Waals surface area contributed by atoms with Gasteiger partial charge in [0.2, 0.25) is 0 Å². The van der Waals surface area contributed by atoms with Crippen LogP contribution in [0.25, 0.3) is 0 Å². The number of aliphatic hydroxyl groups is 1. The molecule has 0 aromatic heterocycles. The maximum atomic E-state index is 13.5. The van der Waals surface area contributed by atoms with Crippen molar-refractivity contribution in [1.82, 2.24) is 0 Å². The number of halogens is 3. The first kappa shape index (κ1) is 10.8. The molecule has 1 unspecified atom stereocenters. The van der Waals surface area contributed by atoms with E-state index in [2.05, 4.69) is 0 Å². The molecule has 0 radical (unpaired) electrons. The zero-order chi connectivity index (χ0) is 11.4. The standard InChI is InChI=1S/C11H11ClF2O/c1-11(2)4-7(15)8-9(11)5(12)3-6(13)10(8)14/h3,7,15H,4H2,1-2H3. The van der Waals surface area contributed by atoms with Crippen LogP contribution in [0.2, 0.25) is 5.02 Å². The van der Waals surface area contributed by atoms with Crippen LogP contribution in [0.15, 0.2) is 6.07 Å². The lowest BCUT2D eigenvalue weighted by atomic mass is 9.86. The van der Waals surface area contributed by atoms with E-state index in [1.807, 2.05) is 13.8 Å². The van der Waals surface area contributed by atoms with Crippen LogP contribution in [0, 0.1) is 11.6 Å². The lowest BCUT2D eigenvalue weighted by Gasteiger charge is -2.19. The van der Waals surface area contributed by atoms with Crippen molar-refractivity contribution in [2.24, 2.45) is 0 Å². The van der Waals surface area contributed by atoms with Crippen molar-refractivity contribution < 1.29 is 13.9 Å². The fourth-order valence-electron chi connectivity index (χ4n) is 2.30. The summed E-state index contributed by atoms with van der Waals surface area (Å²) in [6.07, 6.45) is -0.606. The Labute approximate surface area is 91.7 Å². The van der Waals surface area contributed by atoms with Crippen LogP contribution in [0.5, 0.6) is 0 Å². The maximum absolute atomic E-state index is 13.5. The minimum absolute atomic E-state index is 0.0185. The second kappa shape index (κ2) is 3.16. The Hall–Kier alpha value is -0.670. The molecule has 82 valence electrons. The number of hydrogen-bond donors (Lipinski definition) is 1. The molecule has 1 nitrogen and oxygen atoms in total. The van der Waals surface area contributed by atoms with Crippen LogP contribution in [0.1, 0.15) is 37.5 Å². The van der Waals surface area contributed by atoms with E-state index in [9.17, 15) is 13.9 Å². The molecular formula is C11H11ClF2O. The van der Waals surface area contributed by atoms with Crippen LogP contribution in [0.4, 0.5) is 8.78 Å². The zero-order valence-electron chi connectivity index (χ0n) is 8.44. The number of fused-ring (bicyclic) bond motifs is 1. The van der Waals surface area contributed by atoms with Crippen molar-refractivity contribution >= 4 is 11.6 Å². The monoisotopic (exact) mass is 232 g/mol. The summed E-state index contributed by atoms with van der Waals surface area (Å²) in [4.78, 5) is 0.